The zero-order valence-electron chi connectivity index (χ0n) is 8.24. The minimum absolute atomic E-state index is 0.0829. The van der Waals surface area contributed by atoms with E-state index >= 15 is 0 Å². The van der Waals surface area contributed by atoms with E-state index in [1.807, 2.05) is 0 Å². The van der Waals surface area contributed by atoms with Crippen molar-refractivity contribution in [2.75, 3.05) is 11.9 Å². The van der Waals surface area contributed by atoms with Crippen molar-refractivity contribution >= 4 is 21.8 Å². The van der Waals surface area contributed by atoms with Crippen LogP contribution in [0.1, 0.15) is 39.0 Å². The van der Waals surface area contributed by atoms with Crippen LogP contribution < -0.4 is 5.32 Å². The van der Waals surface area contributed by atoms with Gasteiger partial charge in [-0.25, -0.2) is 0 Å². The van der Waals surface area contributed by atoms with Crippen molar-refractivity contribution in [3.63, 3.8) is 0 Å². The average Bonchev–Trinajstić information content (AvgIpc) is 2.15. The Morgan fingerprint density at radius 3 is 2.54 bits per heavy atom. The maximum Gasteiger partial charge on any atom is 0.225 e. The van der Waals surface area contributed by atoms with Gasteiger partial charge < -0.3 is 5.32 Å². The molecule has 2 nitrogen and oxygen atoms in total. The van der Waals surface area contributed by atoms with Gasteiger partial charge in [0, 0.05) is 17.3 Å². The van der Waals surface area contributed by atoms with Crippen LogP contribution in [-0.2, 0) is 4.79 Å². The maximum absolute atomic E-state index is 11.7. The fourth-order valence-corrected chi connectivity index (χ4v) is 2.13. The lowest BCUT2D eigenvalue weighted by atomic mass is 9.75. The van der Waals surface area contributed by atoms with Gasteiger partial charge in [-0.2, -0.15) is 0 Å². The number of nitrogens with one attached hydrogen (secondary N) is 1. The molecule has 13 heavy (non-hydrogen) atoms. The molecule has 1 rings (SSSR count). The van der Waals surface area contributed by atoms with Gasteiger partial charge in [-0.3, -0.25) is 4.79 Å². The van der Waals surface area contributed by atoms with Crippen molar-refractivity contribution in [3.8, 4) is 0 Å². The molecule has 1 fully saturated rings. The fraction of sp³-hybridized carbons (Fsp3) is 0.900. The smallest absolute Gasteiger partial charge is 0.225 e. The van der Waals surface area contributed by atoms with E-state index in [-0.39, 0.29) is 11.3 Å². The summed E-state index contributed by atoms with van der Waals surface area (Å²) >= 11 is 3.30. The van der Waals surface area contributed by atoms with E-state index in [0.717, 1.165) is 24.7 Å². The minimum Gasteiger partial charge on any atom is -0.355 e. The van der Waals surface area contributed by atoms with Crippen LogP contribution in [0.2, 0.25) is 0 Å². The number of halogens is 1. The Balaban J connectivity index is 2.42. The van der Waals surface area contributed by atoms with Crippen molar-refractivity contribution < 1.29 is 4.79 Å². The van der Waals surface area contributed by atoms with Crippen molar-refractivity contribution in [1.29, 1.82) is 0 Å². The Kier molecular flexibility index (Phi) is 4.23. The third-order valence-electron chi connectivity index (χ3n) is 2.89. The van der Waals surface area contributed by atoms with E-state index in [1.165, 1.54) is 19.3 Å². The van der Waals surface area contributed by atoms with Crippen LogP contribution in [-0.4, -0.2) is 17.8 Å². The molecule has 0 atom stereocenters. The molecular formula is C10H18BrNO. The zero-order valence-corrected chi connectivity index (χ0v) is 9.82. The van der Waals surface area contributed by atoms with Crippen molar-refractivity contribution in [3.05, 3.63) is 0 Å². The fourth-order valence-electron chi connectivity index (χ4n) is 1.93. The number of carbonyl (C=O) groups excluding carboxylic acids is 1. The highest BCUT2D eigenvalue weighted by molar-refractivity contribution is 9.09. The van der Waals surface area contributed by atoms with Crippen molar-refractivity contribution in [1.82, 2.24) is 5.32 Å². The Hall–Kier alpha value is -0.0500. The van der Waals surface area contributed by atoms with Gasteiger partial charge in [0.05, 0.1) is 0 Å². The van der Waals surface area contributed by atoms with E-state index in [4.69, 9.17) is 0 Å². The molecule has 0 aliphatic heterocycles. The summed E-state index contributed by atoms with van der Waals surface area (Å²) in [6.07, 6.45) is 5.82. The predicted molar refractivity (Wildman–Crippen MR) is 58.0 cm³/mol. The number of carbonyl (C=O) groups is 1. The molecule has 1 aliphatic carbocycles. The molecule has 0 heterocycles. The second-order valence-corrected chi connectivity index (χ2v) is 4.86. The number of amides is 1. The molecule has 0 saturated heterocycles. The third-order valence-corrected chi connectivity index (χ3v) is 3.28. The second-order valence-electron chi connectivity index (χ2n) is 4.07. The Morgan fingerprint density at radius 2 is 2.00 bits per heavy atom. The number of alkyl halides is 1. The molecule has 0 bridgehead atoms. The van der Waals surface area contributed by atoms with Crippen molar-refractivity contribution in [2.45, 2.75) is 39.0 Å². The minimum atomic E-state index is -0.0829. The Labute approximate surface area is 88.6 Å². The third kappa shape index (κ3) is 2.97. The summed E-state index contributed by atoms with van der Waals surface area (Å²) in [6.45, 7) is 2.84. The van der Waals surface area contributed by atoms with Gasteiger partial charge in [0.25, 0.3) is 0 Å². The molecular weight excluding hydrogens is 230 g/mol. The van der Waals surface area contributed by atoms with Gasteiger partial charge in [-0.1, -0.05) is 42.1 Å². The molecule has 0 aromatic carbocycles. The topological polar surface area (TPSA) is 29.1 Å². The molecule has 1 aliphatic rings. The first-order chi connectivity index (χ1) is 6.19. The lowest BCUT2D eigenvalue weighted by Gasteiger charge is -2.31. The molecule has 0 aromatic heterocycles. The lowest BCUT2D eigenvalue weighted by Crippen LogP contribution is -2.40. The van der Waals surface area contributed by atoms with Crippen LogP contribution in [0, 0.1) is 5.41 Å². The van der Waals surface area contributed by atoms with Crippen LogP contribution >= 0.6 is 15.9 Å². The van der Waals surface area contributed by atoms with Crippen LogP contribution in [0.25, 0.3) is 0 Å². The molecule has 0 radical (unpaired) electrons. The van der Waals surface area contributed by atoms with E-state index < -0.39 is 0 Å². The first kappa shape index (κ1) is 11.0. The number of hydrogen-bond acceptors (Lipinski definition) is 1. The molecule has 3 heteroatoms. The van der Waals surface area contributed by atoms with Gasteiger partial charge in [0.1, 0.15) is 0 Å². The van der Waals surface area contributed by atoms with E-state index in [1.54, 1.807) is 0 Å². The summed E-state index contributed by atoms with van der Waals surface area (Å²) in [7, 11) is 0. The van der Waals surface area contributed by atoms with E-state index in [2.05, 4.69) is 28.2 Å². The predicted octanol–water partition coefficient (Wildman–Crippen LogP) is 2.47. The first-order valence-electron chi connectivity index (χ1n) is 5.03. The van der Waals surface area contributed by atoms with Gasteiger partial charge >= 0.3 is 0 Å². The van der Waals surface area contributed by atoms with E-state index in [9.17, 15) is 4.79 Å². The summed E-state index contributed by atoms with van der Waals surface area (Å²) in [6, 6.07) is 0. The highest BCUT2D eigenvalue weighted by Gasteiger charge is 2.33. The molecule has 0 spiro atoms. The molecule has 1 amide bonds. The Morgan fingerprint density at radius 1 is 1.38 bits per heavy atom. The average molecular weight is 248 g/mol. The quantitative estimate of drug-likeness (QED) is 0.764. The summed E-state index contributed by atoms with van der Waals surface area (Å²) in [5, 5.41) is 3.80. The highest BCUT2D eigenvalue weighted by Crippen LogP contribution is 2.35. The largest absolute Gasteiger partial charge is 0.355 e. The highest BCUT2D eigenvalue weighted by atomic mass is 79.9. The molecule has 1 saturated carbocycles. The second kappa shape index (κ2) is 4.99. The number of rotatable bonds is 3. The van der Waals surface area contributed by atoms with Gasteiger partial charge in [-0.05, 0) is 12.8 Å². The molecule has 76 valence electrons. The monoisotopic (exact) mass is 247 g/mol. The Bertz CT molecular complexity index is 176. The summed E-state index contributed by atoms with van der Waals surface area (Å²) < 4.78 is 0. The SMILES string of the molecule is CC1(C(=O)NCCBr)CCCCC1. The van der Waals surface area contributed by atoms with E-state index in [0.29, 0.717) is 0 Å². The first-order valence-corrected chi connectivity index (χ1v) is 6.15. The van der Waals surface area contributed by atoms with Crippen LogP contribution in [0.15, 0.2) is 0 Å². The van der Waals surface area contributed by atoms with Crippen LogP contribution in [0.4, 0.5) is 0 Å². The van der Waals surface area contributed by atoms with Gasteiger partial charge in [0.2, 0.25) is 5.91 Å². The standard InChI is InChI=1S/C10H18BrNO/c1-10(5-3-2-4-6-10)9(13)12-8-7-11/h2-8H2,1H3,(H,12,13). The van der Waals surface area contributed by atoms with Gasteiger partial charge in [0.15, 0.2) is 0 Å². The molecule has 0 unspecified atom stereocenters. The van der Waals surface area contributed by atoms with Crippen molar-refractivity contribution in [2.24, 2.45) is 5.41 Å². The van der Waals surface area contributed by atoms with Crippen LogP contribution in [0.5, 0.6) is 0 Å². The molecule has 0 aromatic rings. The number of hydrogen-bond donors (Lipinski definition) is 1. The summed E-state index contributed by atoms with van der Waals surface area (Å²) in [5.74, 6) is 0.242. The lowest BCUT2D eigenvalue weighted by molar-refractivity contribution is -0.131. The summed E-state index contributed by atoms with van der Waals surface area (Å²) in [5.41, 5.74) is -0.0829. The maximum atomic E-state index is 11.7. The summed E-state index contributed by atoms with van der Waals surface area (Å²) in [4.78, 5) is 11.7. The van der Waals surface area contributed by atoms with Gasteiger partial charge in [-0.15, -0.1) is 0 Å². The zero-order chi connectivity index (χ0) is 9.73. The molecule has 1 N–H and O–H groups in total. The normalized spacial score (nSPS) is 21.1. The van der Waals surface area contributed by atoms with Crippen LogP contribution in [0.3, 0.4) is 0 Å².